The summed E-state index contributed by atoms with van der Waals surface area (Å²) < 4.78 is 5.69. The number of ether oxygens (including phenoxy) is 1. The molecular weight excluding hydrogens is 356 g/mol. The molecule has 0 radical (unpaired) electrons. The predicted octanol–water partition coefficient (Wildman–Crippen LogP) is 2.90. The second-order valence-electron chi connectivity index (χ2n) is 5.97. The summed E-state index contributed by atoms with van der Waals surface area (Å²) in [5, 5.41) is 30.1. The molecule has 1 heterocycles. The Kier molecular flexibility index (Phi) is 7.08. The standard InChI is InChI=1S/C18H21ClN4O3/c1-2-13-14(10-20)16(19)9-17(15(13)11-21)23-6-3-12(4-7-23)26-8-5-22-18(24)25/h9,12,22H,2-8H2,1H3,(H,24,25). The molecule has 7 nitrogen and oxygen atoms in total. The number of halogens is 1. The first-order chi connectivity index (χ1) is 12.5. The quantitative estimate of drug-likeness (QED) is 0.739. The Bertz CT molecular complexity index is 746. The van der Waals surface area contributed by atoms with Gasteiger partial charge in [0.25, 0.3) is 0 Å². The molecule has 0 spiro atoms. The average molecular weight is 377 g/mol. The normalized spacial score (nSPS) is 14.5. The third-order valence-corrected chi connectivity index (χ3v) is 4.75. The Morgan fingerprint density at radius 3 is 2.58 bits per heavy atom. The number of nitrogens with zero attached hydrogens (tertiary/aromatic N) is 3. The monoisotopic (exact) mass is 376 g/mol. The van der Waals surface area contributed by atoms with E-state index < -0.39 is 6.09 Å². The molecule has 26 heavy (non-hydrogen) atoms. The van der Waals surface area contributed by atoms with E-state index in [2.05, 4.69) is 22.4 Å². The molecule has 1 aromatic rings. The van der Waals surface area contributed by atoms with Crippen LogP contribution in [0.3, 0.4) is 0 Å². The fourth-order valence-electron chi connectivity index (χ4n) is 3.18. The summed E-state index contributed by atoms with van der Waals surface area (Å²) in [6, 6.07) is 6.03. The van der Waals surface area contributed by atoms with Gasteiger partial charge < -0.3 is 20.1 Å². The molecule has 0 aromatic heterocycles. The van der Waals surface area contributed by atoms with Crippen LogP contribution in [0.15, 0.2) is 6.07 Å². The zero-order valence-corrected chi connectivity index (χ0v) is 15.3. The van der Waals surface area contributed by atoms with E-state index in [4.69, 9.17) is 21.4 Å². The van der Waals surface area contributed by atoms with Gasteiger partial charge in [-0.2, -0.15) is 10.5 Å². The molecule has 1 aromatic carbocycles. The van der Waals surface area contributed by atoms with Crippen molar-refractivity contribution in [2.75, 3.05) is 31.1 Å². The number of carbonyl (C=O) groups is 1. The highest BCUT2D eigenvalue weighted by molar-refractivity contribution is 6.32. The number of hydrogen-bond donors (Lipinski definition) is 2. The fourth-order valence-corrected chi connectivity index (χ4v) is 3.44. The second kappa shape index (κ2) is 9.28. The van der Waals surface area contributed by atoms with Crippen LogP contribution in [0.5, 0.6) is 0 Å². The first-order valence-corrected chi connectivity index (χ1v) is 8.88. The Balaban J connectivity index is 2.05. The molecule has 1 amide bonds. The molecule has 0 bridgehead atoms. The number of rotatable bonds is 6. The Hall–Kier alpha value is -2.48. The molecule has 1 saturated heterocycles. The summed E-state index contributed by atoms with van der Waals surface area (Å²) in [6.07, 6.45) is 1.12. The summed E-state index contributed by atoms with van der Waals surface area (Å²) >= 11 is 6.26. The number of anilines is 1. The minimum Gasteiger partial charge on any atom is -0.465 e. The van der Waals surface area contributed by atoms with Gasteiger partial charge in [-0.05, 0) is 30.9 Å². The van der Waals surface area contributed by atoms with Gasteiger partial charge in [0.2, 0.25) is 0 Å². The molecule has 2 N–H and O–H groups in total. The van der Waals surface area contributed by atoms with E-state index in [1.54, 1.807) is 6.07 Å². The molecule has 0 saturated carbocycles. The fraction of sp³-hybridized carbons (Fsp3) is 0.500. The third-order valence-electron chi connectivity index (χ3n) is 4.45. The molecule has 1 fully saturated rings. The van der Waals surface area contributed by atoms with Crippen LogP contribution in [-0.2, 0) is 11.2 Å². The molecule has 1 aliphatic heterocycles. The summed E-state index contributed by atoms with van der Waals surface area (Å²) in [5.74, 6) is 0. The van der Waals surface area contributed by atoms with Crippen LogP contribution in [0.25, 0.3) is 0 Å². The first kappa shape index (κ1) is 19.8. The van der Waals surface area contributed by atoms with E-state index in [-0.39, 0.29) is 12.6 Å². The molecule has 0 atom stereocenters. The number of amides is 1. The van der Waals surface area contributed by atoms with E-state index in [9.17, 15) is 15.3 Å². The van der Waals surface area contributed by atoms with Gasteiger partial charge in [0.05, 0.1) is 34.5 Å². The van der Waals surface area contributed by atoms with Crippen molar-refractivity contribution >= 4 is 23.4 Å². The maximum Gasteiger partial charge on any atom is 0.404 e. The van der Waals surface area contributed by atoms with Gasteiger partial charge in [-0.3, -0.25) is 0 Å². The highest BCUT2D eigenvalue weighted by Gasteiger charge is 2.24. The minimum absolute atomic E-state index is 0.0619. The van der Waals surface area contributed by atoms with Gasteiger partial charge in [-0.1, -0.05) is 18.5 Å². The summed E-state index contributed by atoms with van der Waals surface area (Å²) in [5.41, 5.74) is 2.34. The van der Waals surface area contributed by atoms with Gasteiger partial charge in [-0.15, -0.1) is 0 Å². The summed E-state index contributed by atoms with van der Waals surface area (Å²) in [6.45, 7) is 3.92. The lowest BCUT2D eigenvalue weighted by Crippen LogP contribution is -2.38. The van der Waals surface area contributed by atoms with Crippen LogP contribution in [0.4, 0.5) is 10.5 Å². The van der Waals surface area contributed by atoms with Crippen LogP contribution in [0.1, 0.15) is 36.5 Å². The Morgan fingerprint density at radius 1 is 1.38 bits per heavy atom. The van der Waals surface area contributed by atoms with Crippen molar-refractivity contribution in [1.82, 2.24) is 5.32 Å². The zero-order chi connectivity index (χ0) is 19.1. The lowest BCUT2D eigenvalue weighted by Gasteiger charge is -2.34. The van der Waals surface area contributed by atoms with Crippen LogP contribution in [-0.4, -0.2) is 43.5 Å². The number of benzene rings is 1. The predicted molar refractivity (Wildman–Crippen MR) is 97.5 cm³/mol. The number of nitrogens with one attached hydrogen (secondary N) is 1. The molecule has 138 valence electrons. The van der Waals surface area contributed by atoms with E-state index in [1.165, 1.54) is 0 Å². The van der Waals surface area contributed by atoms with Crippen molar-refractivity contribution in [3.63, 3.8) is 0 Å². The number of carboxylic acid groups (broad SMARTS) is 1. The smallest absolute Gasteiger partial charge is 0.404 e. The van der Waals surface area contributed by atoms with Crippen molar-refractivity contribution in [3.8, 4) is 12.1 Å². The van der Waals surface area contributed by atoms with Crippen molar-refractivity contribution in [1.29, 1.82) is 10.5 Å². The van der Waals surface area contributed by atoms with Gasteiger partial charge in [0.15, 0.2) is 0 Å². The van der Waals surface area contributed by atoms with E-state index >= 15 is 0 Å². The van der Waals surface area contributed by atoms with Gasteiger partial charge in [0, 0.05) is 19.6 Å². The minimum atomic E-state index is -1.06. The molecular formula is C18H21ClN4O3. The van der Waals surface area contributed by atoms with Crippen molar-refractivity contribution < 1.29 is 14.6 Å². The van der Waals surface area contributed by atoms with Gasteiger partial charge in [0.1, 0.15) is 12.1 Å². The van der Waals surface area contributed by atoms with Crippen molar-refractivity contribution in [2.45, 2.75) is 32.3 Å². The lowest BCUT2D eigenvalue weighted by atomic mass is 9.96. The van der Waals surface area contributed by atoms with Gasteiger partial charge >= 0.3 is 6.09 Å². The van der Waals surface area contributed by atoms with Crippen LogP contribution < -0.4 is 10.2 Å². The van der Waals surface area contributed by atoms with Crippen LogP contribution in [0, 0.1) is 22.7 Å². The highest BCUT2D eigenvalue weighted by atomic mass is 35.5. The average Bonchev–Trinajstić information content (AvgIpc) is 2.64. The topological polar surface area (TPSA) is 109 Å². The highest BCUT2D eigenvalue weighted by Crippen LogP contribution is 2.34. The van der Waals surface area contributed by atoms with Crippen molar-refractivity contribution in [2.24, 2.45) is 0 Å². The van der Waals surface area contributed by atoms with E-state index in [1.807, 2.05) is 6.92 Å². The Morgan fingerprint density at radius 2 is 2.04 bits per heavy atom. The molecule has 2 rings (SSSR count). The van der Waals surface area contributed by atoms with Crippen LogP contribution >= 0.6 is 11.6 Å². The van der Waals surface area contributed by atoms with Crippen LogP contribution in [0.2, 0.25) is 5.02 Å². The Labute approximate surface area is 157 Å². The summed E-state index contributed by atoms with van der Waals surface area (Å²) in [7, 11) is 0. The molecule has 1 aliphatic rings. The first-order valence-electron chi connectivity index (χ1n) is 8.50. The third kappa shape index (κ3) is 4.57. The SMILES string of the molecule is CCc1c(C#N)c(Cl)cc(N2CCC(OCCNC(=O)O)CC2)c1C#N. The molecule has 8 heteroatoms. The largest absolute Gasteiger partial charge is 0.465 e. The maximum absolute atomic E-state index is 10.4. The molecule has 0 aliphatic carbocycles. The van der Waals surface area contributed by atoms with Gasteiger partial charge in [-0.25, -0.2) is 4.79 Å². The van der Waals surface area contributed by atoms with E-state index in [0.29, 0.717) is 47.8 Å². The number of nitriles is 2. The second-order valence-corrected chi connectivity index (χ2v) is 6.38. The van der Waals surface area contributed by atoms with Crippen molar-refractivity contribution in [3.05, 3.63) is 27.8 Å². The molecule has 0 unspecified atom stereocenters. The zero-order valence-electron chi connectivity index (χ0n) is 14.6. The maximum atomic E-state index is 10.4. The number of hydrogen-bond acceptors (Lipinski definition) is 5. The lowest BCUT2D eigenvalue weighted by molar-refractivity contribution is 0.0390. The summed E-state index contributed by atoms with van der Waals surface area (Å²) in [4.78, 5) is 12.5. The number of piperidine rings is 1. The van der Waals surface area contributed by atoms with E-state index in [0.717, 1.165) is 18.5 Å².